The first-order valence-corrected chi connectivity index (χ1v) is 26.3. The summed E-state index contributed by atoms with van der Waals surface area (Å²) in [6, 6.07) is 39.0. The second-order valence-corrected chi connectivity index (χ2v) is 19.0. The summed E-state index contributed by atoms with van der Waals surface area (Å²) in [7, 11) is 0. The van der Waals surface area contributed by atoms with Gasteiger partial charge in [0.25, 0.3) is 0 Å². The fraction of sp³-hybridized carbons (Fsp3) is 0.344. The number of ether oxygens (including phenoxy) is 14. The van der Waals surface area contributed by atoms with Gasteiger partial charge >= 0.3 is 47.8 Å². The third-order valence-electron chi connectivity index (χ3n) is 13.0. The van der Waals surface area contributed by atoms with Crippen LogP contribution in [0.25, 0.3) is 0 Å². The molecule has 5 aromatic rings. The molecule has 0 aliphatic carbocycles. The molecule has 14 atom stereocenters. The molecule has 0 unspecified atom stereocenters. The zero-order valence-corrected chi connectivity index (χ0v) is 45.4. The summed E-state index contributed by atoms with van der Waals surface area (Å²) >= 11 is 0. The number of carbonyl (C=O) groups is 8. The number of benzene rings is 5. The van der Waals surface area contributed by atoms with Crippen LogP contribution in [0.4, 0.5) is 0 Å². The lowest BCUT2D eigenvalue weighted by molar-refractivity contribution is -0.378. The molecule has 0 saturated carbocycles. The van der Waals surface area contributed by atoms with Gasteiger partial charge in [-0.1, -0.05) is 97.1 Å². The molecule has 8 rings (SSSR count). The van der Waals surface area contributed by atoms with Crippen molar-refractivity contribution in [2.24, 2.45) is 0 Å². The van der Waals surface area contributed by atoms with Crippen LogP contribution in [-0.2, 0) is 80.7 Å². The van der Waals surface area contributed by atoms with E-state index in [1.54, 1.807) is 91.0 Å². The molecule has 5 aromatic carbocycles. The van der Waals surface area contributed by atoms with E-state index < -0.39 is 147 Å². The van der Waals surface area contributed by atoms with Crippen LogP contribution in [0.3, 0.4) is 0 Å². The first-order valence-electron chi connectivity index (χ1n) is 26.3. The van der Waals surface area contributed by atoms with E-state index in [2.05, 4.69) is 6.58 Å². The molecule has 0 spiro atoms. The Labute approximate surface area is 476 Å². The van der Waals surface area contributed by atoms with E-state index in [4.69, 9.17) is 66.3 Å². The maximum atomic E-state index is 14.5. The van der Waals surface area contributed by atoms with Crippen molar-refractivity contribution in [3.63, 3.8) is 0 Å². The predicted molar refractivity (Wildman–Crippen MR) is 285 cm³/mol. The van der Waals surface area contributed by atoms with Gasteiger partial charge in [-0.25, -0.2) is 24.0 Å². The lowest BCUT2D eigenvalue weighted by atomic mass is 9.95. The van der Waals surface area contributed by atoms with Gasteiger partial charge in [0.15, 0.2) is 67.7 Å². The Kier molecular flexibility index (Phi) is 21.0. The van der Waals surface area contributed by atoms with Gasteiger partial charge in [-0.2, -0.15) is 0 Å². The summed E-state index contributed by atoms with van der Waals surface area (Å²) < 4.78 is 87.0. The van der Waals surface area contributed by atoms with Gasteiger partial charge in [-0.05, 0) is 67.6 Å². The van der Waals surface area contributed by atoms with Gasteiger partial charge in [0.05, 0.1) is 47.1 Å². The highest BCUT2D eigenvalue weighted by molar-refractivity contribution is 5.92. The van der Waals surface area contributed by atoms with Crippen LogP contribution in [0.2, 0.25) is 0 Å². The van der Waals surface area contributed by atoms with E-state index in [0.29, 0.717) is 0 Å². The lowest BCUT2D eigenvalue weighted by Crippen LogP contribution is -2.68. The average Bonchev–Trinajstić information content (AvgIpc) is 3.60. The molecule has 3 aliphatic rings. The summed E-state index contributed by atoms with van der Waals surface area (Å²) in [5.41, 5.74) is 0.326. The number of carbonyl (C=O) groups excluding carboxylic acids is 8. The van der Waals surface area contributed by atoms with E-state index in [9.17, 15) is 38.4 Å². The van der Waals surface area contributed by atoms with E-state index >= 15 is 0 Å². The van der Waals surface area contributed by atoms with Gasteiger partial charge in [-0.3, -0.25) is 14.4 Å². The fourth-order valence-electron chi connectivity index (χ4n) is 9.27. The van der Waals surface area contributed by atoms with Crippen LogP contribution in [0, 0.1) is 0 Å². The highest BCUT2D eigenvalue weighted by Gasteiger charge is 2.59. The predicted octanol–water partition coefficient (Wildman–Crippen LogP) is 6.34. The summed E-state index contributed by atoms with van der Waals surface area (Å²) in [6.07, 6.45) is -22.5. The summed E-state index contributed by atoms with van der Waals surface area (Å²) in [4.78, 5) is 109. The molecule has 3 saturated heterocycles. The van der Waals surface area contributed by atoms with Crippen molar-refractivity contribution < 1.29 is 105 Å². The molecule has 3 aliphatic heterocycles. The smallest absolute Gasteiger partial charge is 0.338 e. The van der Waals surface area contributed by atoms with Crippen molar-refractivity contribution in [2.45, 2.75) is 114 Å². The summed E-state index contributed by atoms with van der Waals surface area (Å²) in [6.45, 7) is 6.93. The van der Waals surface area contributed by atoms with Gasteiger partial charge in [0, 0.05) is 20.8 Å². The Morgan fingerprint density at radius 1 is 0.434 bits per heavy atom. The molecule has 22 nitrogen and oxygen atoms in total. The fourth-order valence-corrected chi connectivity index (χ4v) is 9.27. The maximum absolute atomic E-state index is 14.5. The SMILES string of the molecule is C=CCO[C@H]1O[C@H](COC(=O)c2ccccc2)[C@@H](O[C@@H]2O[C@@H](C)[C@H](OC(=O)c3ccccc3)[C@@H](OC(=O)c3ccccc3)[C@H]2O[C@H]2OC[C@H](OC(C)=O)[C@@H](OC(C)=O)[C@@H]2OC(C)=O)[C@H](OC(=O)c2ccccc2)[C@@H]1OC(=O)c1ccccc1. The van der Waals surface area contributed by atoms with E-state index in [1.165, 1.54) is 73.7 Å². The van der Waals surface area contributed by atoms with Crippen molar-refractivity contribution in [3.8, 4) is 0 Å². The Morgan fingerprint density at radius 2 is 0.819 bits per heavy atom. The molecule has 3 fully saturated rings. The number of hydrogen-bond donors (Lipinski definition) is 0. The number of rotatable bonds is 21. The molecule has 0 N–H and O–H groups in total. The van der Waals surface area contributed by atoms with E-state index in [-0.39, 0.29) is 34.4 Å². The third-order valence-corrected chi connectivity index (χ3v) is 13.0. The van der Waals surface area contributed by atoms with Crippen molar-refractivity contribution in [1.82, 2.24) is 0 Å². The minimum atomic E-state index is -1.97. The second kappa shape index (κ2) is 28.9. The highest BCUT2D eigenvalue weighted by atomic mass is 16.8. The minimum Gasteiger partial charge on any atom is -0.459 e. The quantitative estimate of drug-likeness (QED) is 0.0440. The largest absolute Gasteiger partial charge is 0.459 e. The van der Waals surface area contributed by atoms with Crippen molar-refractivity contribution in [2.75, 3.05) is 19.8 Å². The van der Waals surface area contributed by atoms with Crippen LogP contribution in [0.15, 0.2) is 164 Å². The third kappa shape index (κ3) is 15.9. The topological polar surface area (TPSA) is 266 Å². The normalized spacial score (nSPS) is 26.6. The van der Waals surface area contributed by atoms with Crippen molar-refractivity contribution in [3.05, 3.63) is 192 Å². The maximum Gasteiger partial charge on any atom is 0.338 e. The molecule has 0 amide bonds. The molecule has 0 bridgehead atoms. The molecule has 22 heteroatoms. The number of hydrogen-bond acceptors (Lipinski definition) is 22. The Morgan fingerprint density at radius 3 is 1.27 bits per heavy atom. The van der Waals surface area contributed by atoms with Crippen molar-refractivity contribution >= 4 is 47.8 Å². The second-order valence-electron chi connectivity index (χ2n) is 19.0. The Bertz CT molecular complexity index is 3020. The van der Waals surface area contributed by atoms with Gasteiger partial charge in [0.1, 0.15) is 18.8 Å². The molecule has 0 aromatic heterocycles. The van der Waals surface area contributed by atoms with Crippen LogP contribution in [0.1, 0.15) is 79.5 Å². The zero-order chi connectivity index (χ0) is 59.0. The number of esters is 8. The Balaban J connectivity index is 1.30. The van der Waals surface area contributed by atoms with Gasteiger partial charge < -0.3 is 66.3 Å². The summed E-state index contributed by atoms with van der Waals surface area (Å²) in [5, 5.41) is 0. The zero-order valence-electron chi connectivity index (χ0n) is 45.4. The lowest BCUT2D eigenvalue weighted by Gasteiger charge is -2.50. The highest BCUT2D eigenvalue weighted by Crippen LogP contribution is 2.38. The molecule has 83 heavy (non-hydrogen) atoms. The van der Waals surface area contributed by atoms with Crippen LogP contribution >= 0.6 is 0 Å². The van der Waals surface area contributed by atoms with Crippen LogP contribution < -0.4 is 0 Å². The molecule has 3 heterocycles. The summed E-state index contributed by atoms with van der Waals surface area (Å²) in [5.74, 6) is -7.28. The van der Waals surface area contributed by atoms with E-state index in [0.717, 1.165) is 20.8 Å². The molecular weight excluding hydrogens is 1080 g/mol. The minimum absolute atomic E-state index is 0.0179. The van der Waals surface area contributed by atoms with Crippen molar-refractivity contribution in [1.29, 1.82) is 0 Å². The van der Waals surface area contributed by atoms with E-state index in [1.807, 2.05) is 0 Å². The average molecular weight is 1150 g/mol. The van der Waals surface area contributed by atoms with Gasteiger partial charge in [-0.15, -0.1) is 6.58 Å². The van der Waals surface area contributed by atoms with Crippen LogP contribution in [0.5, 0.6) is 0 Å². The van der Waals surface area contributed by atoms with Gasteiger partial charge in [0.2, 0.25) is 0 Å². The molecule has 0 radical (unpaired) electrons. The monoisotopic (exact) mass is 1140 g/mol. The first kappa shape index (κ1) is 60.5. The molecule has 436 valence electrons. The Hall–Kier alpha value is -8.64. The standard InChI is InChI=1S/C61H60O22/c1-6-32-70-59-52(81-58(69)43-30-20-11-21-31-43)50(80-57(68)42-28-18-10-19-29-42)47(45(77-59)33-71-54(65)39-22-12-7-13-23-39)82-61-53(83-60-51(76-38(5)64)48(75-37(4)63)44(34-72-60)74-36(3)62)49(79-56(67)41-26-16-9-17-27-41)46(35(2)73-61)78-55(66)40-24-14-8-15-25-40/h6-31,35,44-53,59-61H,1,32-34H2,2-5H3/t35-,44-,45+,46-,47+,48+,49+,50-,51-,52-,53+,59-,60+,61-/m0/s1. The van der Waals surface area contributed by atoms with Crippen LogP contribution in [-0.4, -0.2) is 154 Å². The first-order chi connectivity index (χ1) is 40.1. The molecular formula is C61H60O22.